The van der Waals surface area contributed by atoms with Crippen LogP contribution in [-0.2, 0) is 25.2 Å². The normalized spacial score (nSPS) is 18.1. The minimum atomic E-state index is -3.68. The molecule has 1 atom stereocenters. The molecule has 11 heteroatoms. The molecule has 0 saturated carbocycles. The van der Waals surface area contributed by atoms with Crippen LogP contribution in [0.2, 0.25) is 0 Å². The van der Waals surface area contributed by atoms with Gasteiger partial charge in [0.15, 0.2) is 0 Å². The van der Waals surface area contributed by atoms with Crippen molar-refractivity contribution < 1.29 is 27.2 Å². The minimum absolute atomic E-state index is 0.0748. The first-order valence-electron chi connectivity index (χ1n) is 11.7. The molecule has 0 aromatic heterocycles. The highest BCUT2D eigenvalue weighted by Crippen LogP contribution is 2.34. The molecule has 1 heterocycles. The van der Waals surface area contributed by atoms with E-state index < -0.39 is 45.8 Å². The quantitative estimate of drug-likeness (QED) is 0.468. The van der Waals surface area contributed by atoms with E-state index in [0.29, 0.717) is 24.1 Å². The van der Waals surface area contributed by atoms with Gasteiger partial charge in [-0.15, -0.1) is 0 Å². The molecule has 3 rings (SSSR count). The van der Waals surface area contributed by atoms with E-state index >= 15 is 0 Å². The van der Waals surface area contributed by atoms with Gasteiger partial charge in [0.05, 0.1) is 4.90 Å². The lowest BCUT2D eigenvalue weighted by Crippen LogP contribution is -2.44. The molecule has 9 nitrogen and oxygen atoms in total. The fourth-order valence-electron chi connectivity index (χ4n) is 3.95. The number of halogens is 1. The number of nitrogens with one attached hydrogen (secondary N) is 2. The third-order valence-electron chi connectivity index (χ3n) is 6.26. The van der Waals surface area contributed by atoms with Crippen LogP contribution in [0, 0.1) is 5.82 Å². The van der Waals surface area contributed by atoms with Crippen LogP contribution < -0.4 is 10.6 Å². The summed E-state index contributed by atoms with van der Waals surface area (Å²) in [5.41, 5.74) is -0.616. The Morgan fingerprint density at radius 2 is 1.72 bits per heavy atom. The molecular formula is C25H31FN4O5S. The highest BCUT2D eigenvalue weighted by molar-refractivity contribution is 7.89. The summed E-state index contributed by atoms with van der Waals surface area (Å²) in [4.78, 5) is 39.7. The summed E-state index contributed by atoms with van der Waals surface area (Å²) in [6.45, 7) is 4.93. The van der Waals surface area contributed by atoms with E-state index in [2.05, 4.69) is 10.6 Å². The number of rotatable bonds is 10. The molecule has 2 aromatic rings. The van der Waals surface area contributed by atoms with Crippen LogP contribution in [0.3, 0.4) is 0 Å². The van der Waals surface area contributed by atoms with E-state index in [-0.39, 0.29) is 10.9 Å². The van der Waals surface area contributed by atoms with Gasteiger partial charge in [0.2, 0.25) is 15.9 Å². The largest absolute Gasteiger partial charge is 0.325 e. The molecule has 0 bridgehead atoms. The second kappa shape index (κ2) is 10.8. The highest BCUT2D eigenvalue weighted by atomic mass is 32.2. The van der Waals surface area contributed by atoms with Gasteiger partial charge < -0.3 is 10.6 Å². The van der Waals surface area contributed by atoms with Crippen molar-refractivity contribution in [2.75, 3.05) is 18.9 Å². The van der Waals surface area contributed by atoms with Crippen molar-refractivity contribution in [1.29, 1.82) is 0 Å². The summed E-state index contributed by atoms with van der Waals surface area (Å²) in [6.07, 6.45) is 1.70. The van der Waals surface area contributed by atoms with E-state index in [1.807, 2.05) is 6.92 Å². The minimum Gasteiger partial charge on any atom is -0.325 e. The van der Waals surface area contributed by atoms with Crippen molar-refractivity contribution in [3.8, 4) is 0 Å². The maximum atomic E-state index is 13.5. The Morgan fingerprint density at radius 1 is 1.11 bits per heavy atom. The molecule has 4 amide bonds. The number of hydrogen-bond donors (Lipinski definition) is 2. The van der Waals surface area contributed by atoms with Crippen LogP contribution in [0.4, 0.5) is 14.9 Å². The predicted molar refractivity (Wildman–Crippen MR) is 133 cm³/mol. The van der Waals surface area contributed by atoms with Crippen LogP contribution in [0.5, 0.6) is 0 Å². The van der Waals surface area contributed by atoms with E-state index in [0.717, 1.165) is 11.3 Å². The van der Waals surface area contributed by atoms with E-state index in [1.54, 1.807) is 13.8 Å². The van der Waals surface area contributed by atoms with Crippen molar-refractivity contribution in [2.45, 2.75) is 56.5 Å². The zero-order valence-electron chi connectivity index (χ0n) is 20.7. The zero-order chi connectivity index (χ0) is 26.7. The van der Waals surface area contributed by atoms with Gasteiger partial charge in [0.1, 0.15) is 17.9 Å². The van der Waals surface area contributed by atoms with Gasteiger partial charge in [-0.25, -0.2) is 17.6 Å². The van der Waals surface area contributed by atoms with E-state index in [1.165, 1.54) is 59.9 Å². The van der Waals surface area contributed by atoms with Gasteiger partial charge in [-0.3, -0.25) is 14.5 Å². The molecule has 1 fully saturated rings. The van der Waals surface area contributed by atoms with E-state index in [4.69, 9.17) is 0 Å². The second-order valence-electron chi connectivity index (χ2n) is 9.02. The number of urea groups is 1. The lowest BCUT2D eigenvalue weighted by atomic mass is 9.85. The van der Waals surface area contributed by atoms with Crippen LogP contribution in [-0.4, -0.2) is 55.1 Å². The monoisotopic (exact) mass is 518 g/mol. The Bertz CT molecular complexity index is 1230. The van der Waals surface area contributed by atoms with Gasteiger partial charge in [0, 0.05) is 18.8 Å². The predicted octanol–water partition coefficient (Wildman–Crippen LogP) is 3.43. The molecule has 0 aliphatic carbocycles. The Hall–Kier alpha value is -3.31. The number of sulfonamides is 1. The van der Waals surface area contributed by atoms with Gasteiger partial charge in [0.25, 0.3) is 5.91 Å². The van der Waals surface area contributed by atoms with E-state index in [9.17, 15) is 27.2 Å². The fourth-order valence-corrected chi connectivity index (χ4v) is 5.32. The third-order valence-corrected chi connectivity index (χ3v) is 8.31. The van der Waals surface area contributed by atoms with Crippen molar-refractivity contribution in [2.24, 2.45) is 0 Å². The maximum absolute atomic E-state index is 13.5. The number of anilines is 1. The molecule has 2 aromatic carbocycles. The third kappa shape index (κ3) is 5.41. The Morgan fingerprint density at radius 3 is 2.28 bits per heavy atom. The molecule has 2 N–H and O–H groups in total. The van der Waals surface area contributed by atoms with Crippen LogP contribution in [0.15, 0.2) is 53.4 Å². The van der Waals surface area contributed by atoms with Gasteiger partial charge >= 0.3 is 6.03 Å². The summed E-state index contributed by atoms with van der Waals surface area (Å²) < 4.78 is 39.9. The number of imide groups is 1. The highest BCUT2D eigenvalue weighted by Gasteiger charge is 2.52. The number of amides is 4. The van der Waals surface area contributed by atoms with Crippen LogP contribution in [0.1, 0.15) is 45.6 Å². The standard InChI is InChI=1S/C25H31FN4O5S/c1-5-6-15-25(18-7-9-19(26)10-8-18)23(32)30(24(33)28-25)16-22(31)27-20-11-13-21(14-12-20)36(34,35)29(4)17(2)3/h7-14,17H,5-6,15-16H2,1-4H3,(H,27,31)(H,28,33)/t25-/m1/s1. The first-order chi connectivity index (χ1) is 16.9. The van der Waals surface area contributed by atoms with Gasteiger partial charge in [-0.2, -0.15) is 4.31 Å². The number of carbonyl (C=O) groups is 3. The molecule has 194 valence electrons. The molecule has 1 aliphatic rings. The average molecular weight is 519 g/mol. The number of carbonyl (C=O) groups excluding carboxylic acids is 3. The molecule has 1 saturated heterocycles. The number of nitrogens with zero attached hydrogens (tertiary/aromatic N) is 2. The summed E-state index contributed by atoms with van der Waals surface area (Å²) in [5, 5.41) is 5.30. The topological polar surface area (TPSA) is 116 Å². The smallest absolute Gasteiger partial charge is 0.325 e. The lowest BCUT2D eigenvalue weighted by molar-refractivity contribution is -0.134. The summed E-state index contributed by atoms with van der Waals surface area (Å²) >= 11 is 0. The van der Waals surface area contributed by atoms with Crippen molar-refractivity contribution >= 4 is 33.6 Å². The molecule has 0 radical (unpaired) electrons. The summed E-state index contributed by atoms with van der Waals surface area (Å²) in [6, 6.07) is 10.1. The molecule has 36 heavy (non-hydrogen) atoms. The Labute approximate surface area is 210 Å². The number of hydrogen-bond acceptors (Lipinski definition) is 5. The van der Waals surface area contributed by atoms with Gasteiger partial charge in [-0.1, -0.05) is 31.9 Å². The lowest BCUT2D eigenvalue weighted by Gasteiger charge is -2.27. The first kappa shape index (κ1) is 27.3. The molecule has 0 unspecified atom stereocenters. The van der Waals surface area contributed by atoms with Crippen molar-refractivity contribution in [3.63, 3.8) is 0 Å². The molecular weight excluding hydrogens is 487 g/mol. The zero-order valence-corrected chi connectivity index (χ0v) is 21.6. The maximum Gasteiger partial charge on any atom is 0.325 e. The van der Waals surface area contributed by atoms with Crippen LogP contribution >= 0.6 is 0 Å². The second-order valence-corrected chi connectivity index (χ2v) is 11.0. The first-order valence-corrected chi connectivity index (χ1v) is 13.1. The molecule has 1 aliphatic heterocycles. The number of benzene rings is 2. The summed E-state index contributed by atoms with van der Waals surface area (Å²) in [5.74, 6) is -1.67. The SMILES string of the molecule is CCCC[C@]1(c2ccc(F)cc2)NC(=O)N(CC(=O)Nc2ccc(S(=O)(=O)N(C)C(C)C)cc2)C1=O. The summed E-state index contributed by atoms with van der Waals surface area (Å²) in [7, 11) is -2.19. The average Bonchev–Trinajstić information content (AvgIpc) is 3.07. The van der Waals surface area contributed by atoms with Crippen LogP contribution in [0.25, 0.3) is 0 Å². The van der Waals surface area contributed by atoms with Crippen molar-refractivity contribution in [1.82, 2.24) is 14.5 Å². The Kier molecular flexibility index (Phi) is 8.15. The number of unbranched alkanes of at least 4 members (excludes halogenated alkanes) is 1. The molecule has 0 spiro atoms. The van der Waals surface area contributed by atoms with Gasteiger partial charge in [-0.05, 0) is 62.2 Å². The van der Waals surface area contributed by atoms with Crippen molar-refractivity contribution in [3.05, 3.63) is 59.9 Å². The fraction of sp³-hybridized carbons (Fsp3) is 0.400. The Balaban J connectivity index is 1.75.